The first-order valence-corrected chi connectivity index (χ1v) is 4.64. The average molecular weight is 262 g/mol. The highest BCUT2D eigenvalue weighted by Crippen LogP contribution is 2.20. The van der Waals surface area contributed by atoms with Gasteiger partial charge in [-0.1, -0.05) is 22.0 Å². The number of hydrogen-bond acceptors (Lipinski definition) is 3. The monoisotopic (exact) mass is 261 g/mol. The van der Waals surface area contributed by atoms with Gasteiger partial charge in [-0.2, -0.15) is 0 Å². The van der Waals surface area contributed by atoms with E-state index in [0.29, 0.717) is 4.47 Å². The lowest BCUT2D eigenvalue weighted by molar-refractivity contribution is -0.142. The maximum absolute atomic E-state index is 13.3. The zero-order chi connectivity index (χ0) is 10.7. The molecular weight excluding hydrogens is 253 g/mol. The highest BCUT2D eigenvalue weighted by Gasteiger charge is 2.19. The van der Waals surface area contributed by atoms with E-state index < -0.39 is 17.8 Å². The molecule has 76 valence electrons. The number of rotatable bonds is 2. The van der Waals surface area contributed by atoms with E-state index in [2.05, 4.69) is 20.7 Å². The van der Waals surface area contributed by atoms with E-state index in [1.54, 1.807) is 6.07 Å². The van der Waals surface area contributed by atoms with Gasteiger partial charge in [-0.25, -0.2) is 4.39 Å². The van der Waals surface area contributed by atoms with Gasteiger partial charge < -0.3 is 10.5 Å². The molecule has 1 aromatic carbocycles. The summed E-state index contributed by atoms with van der Waals surface area (Å²) in [6.45, 7) is 0. The minimum atomic E-state index is -1.08. The second-order valence-electron chi connectivity index (χ2n) is 2.67. The predicted octanol–water partition coefficient (Wildman–Crippen LogP) is 1.76. The number of hydrogen-bond donors (Lipinski definition) is 1. The quantitative estimate of drug-likeness (QED) is 0.826. The Balaban J connectivity index is 3.01. The minimum absolute atomic E-state index is 0.125. The Bertz CT molecular complexity index is 357. The largest absolute Gasteiger partial charge is 0.468 e. The molecule has 0 fully saturated rings. The average Bonchev–Trinajstić information content (AvgIpc) is 2.15. The molecule has 14 heavy (non-hydrogen) atoms. The van der Waals surface area contributed by atoms with Crippen LogP contribution in [0.3, 0.4) is 0 Å². The maximum atomic E-state index is 13.3. The van der Waals surface area contributed by atoms with Gasteiger partial charge in [-0.05, 0) is 12.1 Å². The smallest absolute Gasteiger partial charge is 0.327 e. The Labute approximate surface area is 89.2 Å². The molecule has 1 atom stereocenters. The van der Waals surface area contributed by atoms with E-state index in [0.717, 1.165) is 0 Å². The van der Waals surface area contributed by atoms with Crippen LogP contribution in [0.1, 0.15) is 11.6 Å². The van der Waals surface area contributed by atoms with Crippen molar-refractivity contribution in [2.45, 2.75) is 6.04 Å². The van der Waals surface area contributed by atoms with E-state index in [1.807, 2.05) is 0 Å². The van der Waals surface area contributed by atoms with Gasteiger partial charge in [0.15, 0.2) is 0 Å². The summed E-state index contributed by atoms with van der Waals surface area (Å²) in [6, 6.07) is 3.23. The van der Waals surface area contributed by atoms with Crippen LogP contribution in [-0.4, -0.2) is 13.1 Å². The molecule has 2 N–H and O–H groups in total. The van der Waals surface area contributed by atoms with Crippen LogP contribution in [0.5, 0.6) is 0 Å². The Morgan fingerprint density at radius 2 is 2.29 bits per heavy atom. The topological polar surface area (TPSA) is 52.3 Å². The normalized spacial score (nSPS) is 12.3. The molecule has 0 aromatic heterocycles. The Hall–Kier alpha value is -0.940. The Kier molecular flexibility index (Phi) is 3.60. The van der Waals surface area contributed by atoms with Gasteiger partial charge in [0, 0.05) is 10.0 Å². The fraction of sp³-hybridized carbons (Fsp3) is 0.222. The second kappa shape index (κ2) is 4.52. The van der Waals surface area contributed by atoms with Crippen LogP contribution >= 0.6 is 15.9 Å². The van der Waals surface area contributed by atoms with Crippen molar-refractivity contribution in [3.8, 4) is 0 Å². The highest BCUT2D eigenvalue weighted by atomic mass is 79.9. The summed E-state index contributed by atoms with van der Waals surface area (Å²) in [5.41, 5.74) is 5.60. The van der Waals surface area contributed by atoms with E-state index in [1.165, 1.54) is 19.2 Å². The van der Waals surface area contributed by atoms with Crippen LogP contribution in [0.25, 0.3) is 0 Å². The summed E-state index contributed by atoms with van der Waals surface area (Å²) >= 11 is 3.10. The van der Waals surface area contributed by atoms with Crippen molar-refractivity contribution < 1.29 is 13.9 Å². The Morgan fingerprint density at radius 1 is 1.64 bits per heavy atom. The van der Waals surface area contributed by atoms with Gasteiger partial charge in [0.2, 0.25) is 0 Å². The van der Waals surface area contributed by atoms with Crippen molar-refractivity contribution in [3.05, 3.63) is 34.1 Å². The summed E-state index contributed by atoms with van der Waals surface area (Å²) < 4.78 is 18.3. The molecule has 0 amide bonds. The number of carbonyl (C=O) groups excluding carboxylic acids is 1. The lowest BCUT2D eigenvalue weighted by Crippen LogP contribution is -2.23. The molecule has 0 saturated heterocycles. The van der Waals surface area contributed by atoms with Gasteiger partial charge in [0.05, 0.1) is 7.11 Å². The number of methoxy groups -OCH3 is 1. The third-order valence-electron chi connectivity index (χ3n) is 1.75. The summed E-state index contributed by atoms with van der Waals surface area (Å²) in [4.78, 5) is 11.0. The van der Waals surface area contributed by atoms with Crippen LogP contribution < -0.4 is 5.73 Å². The summed E-state index contributed by atoms with van der Waals surface area (Å²) in [6.07, 6.45) is 0. The molecule has 0 spiro atoms. The molecule has 0 heterocycles. The van der Waals surface area contributed by atoms with Gasteiger partial charge in [-0.15, -0.1) is 0 Å². The second-order valence-corrected chi connectivity index (χ2v) is 3.58. The number of nitrogens with two attached hydrogens (primary N) is 1. The van der Waals surface area contributed by atoms with E-state index >= 15 is 0 Å². The predicted molar refractivity (Wildman–Crippen MR) is 53.0 cm³/mol. The first-order valence-electron chi connectivity index (χ1n) is 3.84. The molecule has 0 unspecified atom stereocenters. The molecule has 0 radical (unpaired) electrons. The van der Waals surface area contributed by atoms with E-state index in [4.69, 9.17) is 5.73 Å². The van der Waals surface area contributed by atoms with Crippen LogP contribution in [0, 0.1) is 5.82 Å². The Morgan fingerprint density at radius 3 is 2.79 bits per heavy atom. The number of benzene rings is 1. The third-order valence-corrected chi connectivity index (χ3v) is 2.25. The molecule has 0 bridgehead atoms. The number of halogens is 2. The third kappa shape index (κ3) is 2.30. The van der Waals surface area contributed by atoms with Gasteiger partial charge in [0.1, 0.15) is 11.9 Å². The lowest BCUT2D eigenvalue weighted by Gasteiger charge is -2.10. The summed E-state index contributed by atoms with van der Waals surface area (Å²) in [5, 5.41) is 0. The van der Waals surface area contributed by atoms with Crippen molar-refractivity contribution in [3.63, 3.8) is 0 Å². The van der Waals surface area contributed by atoms with E-state index in [9.17, 15) is 9.18 Å². The summed E-state index contributed by atoms with van der Waals surface area (Å²) in [7, 11) is 1.21. The van der Waals surface area contributed by atoms with Gasteiger partial charge >= 0.3 is 5.97 Å². The fourth-order valence-electron chi connectivity index (χ4n) is 1.01. The molecule has 0 aliphatic heterocycles. The van der Waals surface area contributed by atoms with Crippen molar-refractivity contribution >= 4 is 21.9 Å². The molecule has 0 aliphatic rings. The van der Waals surface area contributed by atoms with Crippen LogP contribution in [-0.2, 0) is 9.53 Å². The van der Waals surface area contributed by atoms with Crippen LogP contribution in [0.15, 0.2) is 22.7 Å². The number of esters is 1. The molecule has 1 rings (SSSR count). The van der Waals surface area contributed by atoms with Crippen molar-refractivity contribution in [1.29, 1.82) is 0 Å². The minimum Gasteiger partial charge on any atom is -0.468 e. The van der Waals surface area contributed by atoms with Crippen LogP contribution in [0.2, 0.25) is 0 Å². The van der Waals surface area contributed by atoms with Crippen molar-refractivity contribution in [2.75, 3.05) is 7.11 Å². The zero-order valence-electron chi connectivity index (χ0n) is 7.46. The van der Waals surface area contributed by atoms with Crippen LogP contribution in [0.4, 0.5) is 4.39 Å². The standard InChI is InChI=1S/C9H9BrFNO2/c1-14-9(13)8(12)6-3-2-5(10)4-7(6)11/h2-4,8H,12H2,1H3/t8-/m1/s1. The maximum Gasteiger partial charge on any atom is 0.327 e. The lowest BCUT2D eigenvalue weighted by atomic mass is 10.1. The fourth-order valence-corrected chi connectivity index (χ4v) is 1.34. The molecule has 0 saturated carbocycles. The van der Waals surface area contributed by atoms with Crippen molar-refractivity contribution in [1.82, 2.24) is 0 Å². The first kappa shape index (κ1) is 11.1. The highest BCUT2D eigenvalue weighted by molar-refractivity contribution is 9.10. The van der Waals surface area contributed by atoms with Gasteiger partial charge in [-0.3, -0.25) is 4.79 Å². The molecular formula is C9H9BrFNO2. The molecule has 1 aromatic rings. The first-order chi connectivity index (χ1) is 6.56. The molecule has 3 nitrogen and oxygen atoms in total. The van der Waals surface area contributed by atoms with Gasteiger partial charge in [0.25, 0.3) is 0 Å². The number of ether oxygens (including phenoxy) is 1. The number of carbonyl (C=O) groups is 1. The summed E-state index contributed by atoms with van der Waals surface area (Å²) in [5.74, 6) is -1.19. The van der Waals surface area contributed by atoms with Crippen molar-refractivity contribution in [2.24, 2.45) is 5.73 Å². The molecule has 5 heteroatoms. The van der Waals surface area contributed by atoms with E-state index in [-0.39, 0.29) is 5.56 Å². The zero-order valence-corrected chi connectivity index (χ0v) is 9.05. The SMILES string of the molecule is COC(=O)[C@H](N)c1ccc(Br)cc1F. The molecule has 0 aliphatic carbocycles.